The monoisotopic (exact) mass is 190 g/mol. The third kappa shape index (κ3) is 0.975. The van der Waals surface area contributed by atoms with Crippen LogP contribution in [-0.2, 0) is 4.74 Å². The lowest BCUT2D eigenvalue weighted by Crippen LogP contribution is -2.23. The van der Waals surface area contributed by atoms with Gasteiger partial charge >= 0.3 is 0 Å². The number of aliphatic hydroxyl groups is 1. The first-order chi connectivity index (χ1) is 6.84. The van der Waals surface area contributed by atoms with Gasteiger partial charge in [-0.1, -0.05) is 0 Å². The number of hydrogen-bond acceptors (Lipinski definition) is 4. The number of nitrogens with one attached hydrogen (secondary N) is 2. The number of hydrazine groups is 1. The van der Waals surface area contributed by atoms with Crippen LogP contribution in [0.15, 0.2) is 46.8 Å². The van der Waals surface area contributed by atoms with Gasteiger partial charge < -0.3 is 15.3 Å². The molecule has 0 bridgehead atoms. The molecule has 2 heterocycles. The van der Waals surface area contributed by atoms with Gasteiger partial charge in [0.15, 0.2) is 5.76 Å². The van der Waals surface area contributed by atoms with Crippen molar-refractivity contribution in [1.82, 2.24) is 10.9 Å². The van der Waals surface area contributed by atoms with Crippen LogP contribution in [0.3, 0.4) is 0 Å². The van der Waals surface area contributed by atoms with Crippen LogP contribution in [-0.4, -0.2) is 11.7 Å². The van der Waals surface area contributed by atoms with Gasteiger partial charge in [0.2, 0.25) is 0 Å². The van der Waals surface area contributed by atoms with Crippen molar-refractivity contribution in [2.45, 2.75) is 6.42 Å². The lowest BCUT2D eigenvalue weighted by molar-refractivity contribution is 0.310. The molecule has 2 aliphatic heterocycles. The maximum atomic E-state index is 9.34. The van der Waals surface area contributed by atoms with Crippen molar-refractivity contribution in [2.24, 2.45) is 0 Å². The highest BCUT2D eigenvalue weighted by Crippen LogP contribution is 2.33. The molecule has 0 fully saturated rings. The average Bonchev–Trinajstić information content (AvgIpc) is 2.65. The fourth-order valence-corrected chi connectivity index (χ4v) is 1.88. The highest BCUT2D eigenvalue weighted by Gasteiger charge is 2.26. The highest BCUT2D eigenvalue weighted by atomic mass is 16.5. The molecule has 0 saturated heterocycles. The first-order valence-corrected chi connectivity index (χ1v) is 4.54. The summed E-state index contributed by atoms with van der Waals surface area (Å²) in [6.45, 7) is 0.773. The topological polar surface area (TPSA) is 53.5 Å². The number of ether oxygens (including phenoxy) is 1. The maximum absolute atomic E-state index is 9.34. The van der Waals surface area contributed by atoms with Crippen molar-refractivity contribution in [1.29, 1.82) is 0 Å². The van der Waals surface area contributed by atoms with E-state index >= 15 is 0 Å². The quantitative estimate of drug-likeness (QED) is 0.533. The molecule has 0 radical (unpaired) electrons. The molecule has 4 nitrogen and oxygen atoms in total. The molecule has 0 amide bonds. The summed E-state index contributed by atoms with van der Waals surface area (Å²) in [4.78, 5) is 0. The highest BCUT2D eigenvalue weighted by molar-refractivity contribution is 5.55. The number of allylic oxidation sites excluding steroid dienone is 3. The normalized spacial score (nSPS) is 23.9. The average molecular weight is 190 g/mol. The molecule has 3 rings (SSSR count). The van der Waals surface area contributed by atoms with Crippen LogP contribution in [0.1, 0.15) is 6.42 Å². The minimum absolute atomic E-state index is 0.165. The van der Waals surface area contributed by atoms with Gasteiger partial charge in [0.25, 0.3) is 0 Å². The second kappa shape index (κ2) is 2.65. The fourth-order valence-electron chi connectivity index (χ4n) is 1.88. The Hall–Kier alpha value is -1.68. The Morgan fingerprint density at radius 2 is 2.36 bits per heavy atom. The second-order valence-electron chi connectivity index (χ2n) is 3.43. The molecule has 72 valence electrons. The van der Waals surface area contributed by atoms with Crippen molar-refractivity contribution < 1.29 is 9.84 Å². The molecule has 0 aromatic heterocycles. The molecule has 1 aliphatic carbocycles. The fraction of sp³-hybridized carbons (Fsp3) is 0.200. The van der Waals surface area contributed by atoms with Gasteiger partial charge in [0.1, 0.15) is 12.0 Å². The predicted molar refractivity (Wildman–Crippen MR) is 50.7 cm³/mol. The van der Waals surface area contributed by atoms with E-state index in [2.05, 4.69) is 10.9 Å². The summed E-state index contributed by atoms with van der Waals surface area (Å²) in [5.74, 6) is 1.00. The summed E-state index contributed by atoms with van der Waals surface area (Å²) < 4.78 is 5.29. The van der Waals surface area contributed by atoms with Gasteiger partial charge in [-0.25, -0.2) is 5.43 Å². The lowest BCUT2D eigenvalue weighted by Gasteiger charge is -2.20. The molecule has 14 heavy (non-hydrogen) atoms. The number of rotatable bonds is 0. The zero-order valence-corrected chi connectivity index (χ0v) is 7.50. The number of fused-ring (bicyclic) bond motifs is 2. The van der Waals surface area contributed by atoms with E-state index in [-0.39, 0.29) is 5.76 Å². The lowest BCUT2D eigenvalue weighted by atomic mass is 9.94. The van der Waals surface area contributed by atoms with Crippen LogP contribution in [0.25, 0.3) is 0 Å². The van der Waals surface area contributed by atoms with Crippen LogP contribution in [0, 0.1) is 0 Å². The molecule has 0 unspecified atom stereocenters. The van der Waals surface area contributed by atoms with Crippen molar-refractivity contribution >= 4 is 0 Å². The second-order valence-corrected chi connectivity index (χ2v) is 3.43. The molecule has 0 aromatic carbocycles. The van der Waals surface area contributed by atoms with Crippen LogP contribution >= 0.6 is 0 Å². The Kier molecular flexibility index (Phi) is 1.46. The molecule has 0 aromatic rings. The summed E-state index contributed by atoms with van der Waals surface area (Å²) in [5.41, 5.74) is 9.47. The van der Waals surface area contributed by atoms with E-state index in [0.717, 1.165) is 24.3 Å². The van der Waals surface area contributed by atoms with Crippen LogP contribution in [0.4, 0.5) is 0 Å². The Balaban J connectivity index is 2.08. The van der Waals surface area contributed by atoms with Crippen molar-refractivity contribution in [3.8, 4) is 0 Å². The molecule has 0 saturated carbocycles. The Morgan fingerprint density at radius 3 is 3.29 bits per heavy atom. The SMILES string of the molecule is OC1=COC2=CCC3=C(CNN3)C2=C1. The van der Waals surface area contributed by atoms with Crippen molar-refractivity contribution in [2.75, 3.05) is 6.54 Å². The molecule has 4 heteroatoms. The van der Waals surface area contributed by atoms with Gasteiger partial charge in [-0.2, -0.15) is 0 Å². The van der Waals surface area contributed by atoms with E-state index in [1.54, 1.807) is 6.08 Å². The van der Waals surface area contributed by atoms with Crippen molar-refractivity contribution in [3.63, 3.8) is 0 Å². The first-order valence-electron chi connectivity index (χ1n) is 4.54. The van der Waals surface area contributed by atoms with Crippen molar-refractivity contribution in [3.05, 3.63) is 46.8 Å². The minimum Gasteiger partial charge on any atom is -0.505 e. The Morgan fingerprint density at radius 1 is 1.43 bits per heavy atom. The summed E-state index contributed by atoms with van der Waals surface area (Å²) in [6.07, 6.45) is 5.95. The summed E-state index contributed by atoms with van der Waals surface area (Å²) in [6, 6.07) is 0. The maximum Gasteiger partial charge on any atom is 0.151 e. The van der Waals surface area contributed by atoms with Crippen LogP contribution < -0.4 is 10.9 Å². The van der Waals surface area contributed by atoms with E-state index in [1.165, 1.54) is 17.5 Å². The zero-order valence-electron chi connectivity index (χ0n) is 7.50. The number of hydrogen-bond donors (Lipinski definition) is 3. The first kappa shape index (κ1) is 7.70. The summed E-state index contributed by atoms with van der Waals surface area (Å²) in [7, 11) is 0. The molecule has 0 spiro atoms. The molecule has 0 atom stereocenters. The Labute approximate surface area is 81.2 Å². The van der Waals surface area contributed by atoms with E-state index in [0.29, 0.717) is 0 Å². The van der Waals surface area contributed by atoms with Gasteiger partial charge in [-0.3, -0.25) is 0 Å². The van der Waals surface area contributed by atoms with Gasteiger partial charge in [-0.05, 0) is 17.7 Å². The molecular weight excluding hydrogens is 180 g/mol. The van der Waals surface area contributed by atoms with E-state index < -0.39 is 0 Å². The van der Waals surface area contributed by atoms with Crippen LogP contribution in [0.5, 0.6) is 0 Å². The summed E-state index contributed by atoms with van der Waals surface area (Å²) >= 11 is 0. The van der Waals surface area contributed by atoms with Gasteiger partial charge in [0, 0.05) is 24.2 Å². The number of aliphatic hydroxyl groups excluding tert-OH is 1. The van der Waals surface area contributed by atoms with Crippen LogP contribution in [0.2, 0.25) is 0 Å². The minimum atomic E-state index is 0.165. The standard InChI is InChI=1S/C10H10N2O2/c13-6-3-7-8-4-11-12-9(8)1-2-10(7)14-5-6/h2-3,5,11-13H,1,4H2. The van der Waals surface area contributed by atoms with Gasteiger partial charge in [0.05, 0.1) is 0 Å². The Bertz CT molecular complexity index is 416. The largest absolute Gasteiger partial charge is 0.505 e. The third-order valence-electron chi connectivity index (χ3n) is 2.55. The zero-order chi connectivity index (χ0) is 9.54. The molecular formula is C10H10N2O2. The van der Waals surface area contributed by atoms with E-state index in [4.69, 9.17) is 4.74 Å². The van der Waals surface area contributed by atoms with Gasteiger partial charge in [-0.15, -0.1) is 0 Å². The molecule has 3 aliphatic rings. The van der Waals surface area contributed by atoms with E-state index in [1.807, 2.05) is 6.08 Å². The predicted octanol–water partition coefficient (Wildman–Crippen LogP) is 0.992. The summed E-state index contributed by atoms with van der Waals surface area (Å²) in [5, 5.41) is 9.34. The third-order valence-corrected chi connectivity index (χ3v) is 2.55. The molecule has 3 N–H and O–H groups in total. The van der Waals surface area contributed by atoms with E-state index in [9.17, 15) is 5.11 Å². The smallest absolute Gasteiger partial charge is 0.151 e.